The Labute approximate surface area is 104 Å². The van der Waals surface area contributed by atoms with Gasteiger partial charge in [0.15, 0.2) is 0 Å². The molecule has 1 N–H and O–H groups in total. The molecule has 0 bridgehead atoms. The second kappa shape index (κ2) is 6.38. The van der Waals surface area contributed by atoms with E-state index in [4.69, 9.17) is 5.11 Å². The zero-order valence-corrected chi connectivity index (χ0v) is 10.4. The number of nitrogens with zero attached hydrogens (tertiary/aromatic N) is 2. The molecule has 0 aliphatic carbocycles. The van der Waals surface area contributed by atoms with Crippen LogP contribution in [0.3, 0.4) is 0 Å². The van der Waals surface area contributed by atoms with Gasteiger partial charge in [0, 0.05) is 20.2 Å². The fraction of sp³-hybridized carbons (Fsp3) is 0.909. The van der Waals surface area contributed by atoms with Crippen LogP contribution in [0.4, 0.5) is 13.2 Å². The molecule has 0 aromatic rings. The molecule has 1 unspecified atom stereocenters. The largest absolute Gasteiger partial charge is 0.406 e. The van der Waals surface area contributed by atoms with Gasteiger partial charge < -0.3 is 10.0 Å². The molecular formula is C11H19F3N2O2. The first kappa shape index (κ1) is 15.2. The van der Waals surface area contributed by atoms with Crippen LogP contribution in [0.2, 0.25) is 0 Å². The summed E-state index contributed by atoms with van der Waals surface area (Å²) < 4.78 is 36.4. The summed E-state index contributed by atoms with van der Waals surface area (Å²) in [6.45, 7) is 0.0967. The molecule has 0 saturated carbocycles. The summed E-state index contributed by atoms with van der Waals surface area (Å²) in [6.07, 6.45) is -2.60. The normalized spacial score (nSPS) is 21.9. The topological polar surface area (TPSA) is 43.8 Å². The molecular weight excluding hydrogens is 249 g/mol. The van der Waals surface area contributed by atoms with Crippen molar-refractivity contribution in [1.82, 2.24) is 9.80 Å². The Morgan fingerprint density at radius 2 is 2.17 bits per heavy atom. The van der Waals surface area contributed by atoms with Gasteiger partial charge in [0.2, 0.25) is 5.91 Å². The van der Waals surface area contributed by atoms with E-state index in [1.54, 1.807) is 4.90 Å². The molecule has 1 amide bonds. The van der Waals surface area contributed by atoms with Gasteiger partial charge in [-0.05, 0) is 25.3 Å². The maximum absolute atomic E-state index is 12.1. The molecule has 1 aliphatic heterocycles. The number of hydrogen-bond acceptors (Lipinski definition) is 3. The number of amides is 1. The molecule has 1 aliphatic rings. The van der Waals surface area contributed by atoms with Crippen molar-refractivity contribution in [2.45, 2.75) is 19.0 Å². The first-order chi connectivity index (χ1) is 8.31. The lowest BCUT2D eigenvalue weighted by molar-refractivity contribution is -0.159. The number of rotatable bonds is 4. The Bertz CT molecular complexity index is 284. The molecule has 1 atom stereocenters. The van der Waals surface area contributed by atoms with Crippen LogP contribution in [0, 0.1) is 5.92 Å². The third-order valence-corrected chi connectivity index (χ3v) is 3.06. The Balaban J connectivity index is 2.39. The highest BCUT2D eigenvalue weighted by Crippen LogP contribution is 2.17. The van der Waals surface area contributed by atoms with Crippen LogP contribution in [-0.2, 0) is 4.79 Å². The van der Waals surface area contributed by atoms with E-state index in [1.807, 2.05) is 0 Å². The summed E-state index contributed by atoms with van der Waals surface area (Å²) >= 11 is 0. The summed E-state index contributed by atoms with van der Waals surface area (Å²) in [5.41, 5.74) is 0. The van der Waals surface area contributed by atoms with Crippen LogP contribution < -0.4 is 0 Å². The summed E-state index contributed by atoms with van der Waals surface area (Å²) in [5, 5.41) is 9.03. The minimum absolute atomic E-state index is 0.0108. The number of carbonyl (C=O) groups is 1. The number of piperidine rings is 1. The first-order valence-electron chi connectivity index (χ1n) is 5.95. The second-order valence-corrected chi connectivity index (χ2v) is 4.79. The van der Waals surface area contributed by atoms with Gasteiger partial charge in [-0.25, -0.2) is 0 Å². The van der Waals surface area contributed by atoms with Gasteiger partial charge in [-0.15, -0.1) is 0 Å². The number of carbonyl (C=O) groups excluding carboxylic acids is 1. The molecule has 1 heterocycles. The number of hydrogen-bond donors (Lipinski definition) is 1. The Hall–Kier alpha value is -0.820. The van der Waals surface area contributed by atoms with Crippen LogP contribution in [0.1, 0.15) is 12.8 Å². The zero-order valence-electron chi connectivity index (χ0n) is 10.4. The van der Waals surface area contributed by atoms with Crippen molar-refractivity contribution in [3.05, 3.63) is 0 Å². The lowest BCUT2D eigenvalue weighted by Gasteiger charge is -2.32. The van der Waals surface area contributed by atoms with Gasteiger partial charge in [0.05, 0.1) is 6.54 Å². The van der Waals surface area contributed by atoms with Crippen molar-refractivity contribution >= 4 is 5.91 Å². The number of aliphatic hydroxyl groups is 1. The first-order valence-corrected chi connectivity index (χ1v) is 5.95. The maximum atomic E-state index is 12.1. The van der Waals surface area contributed by atoms with E-state index in [0.717, 1.165) is 19.9 Å². The molecule has 18 heavy (non-hydrogen) atoms. The van der Waals surface area contributed by atoms with E-state index in [9.17, 15) is 18.0 Å². The SMILES string of the molecule is CN(CC(F)(F)F)C(=O)CN1CCCC(CO)C1. The van der Waals surface area contributed by atoms with Gasteiger partial charge >= 0.3 is 6.18 Å². The number of aliphatic hydroxyl groups excluding tert-OH is 1. The molecule has 1 saturated heterocycles. The molecule has 106 valence electrons. The van der Waals surface area contributed by atoms with Gasteiger partial charge in [0.1, 0.15) is 6.54 Å². The van der Waals surface area contributed by atoms with Crippen LogP contribution >= 0.6 is 0 Å². The molecule has 7 heteroatoms. The highest BCUT2D eigenvalue weighted by Gasteiger charge is 2.32. The molecule has 1 fully saturated rings. The van der Waals surface area contributed by atoms with E-state index in [2.05, 4.69) is 0 Å². The van der Waals surface area contributed by atoms with E-state index in [1.165, 1.54) is 0 Å². The van der Waals surface area contributed by atoms with Gasteiger partial charge in [-0.1, -0.05) is 0 Å². The van der Waals surface area contributed by atoms with Crippen molar-refractivity contribution in [3.8, 4) is 0 Å². The highest BCUT2D eigenvalue weighted by atomic mass is 19.4. The number of likely N-dealkylation sites (N-methyl/N-ethyl adjacent to an activating group) is 1. The van der Waals surface area contributed by atoms with Crippen LogP contribution in [0.5, 0.6) is 0 Å². The van der Waals surface area contributed by atoms with Crippen molar-refractivity contribution in [2.24, 2.45) is 5.92 Å². The third-order valence-electron chi connectivity index (χ3n) is 3.06. The smallest absolute Gasteiger partial charge is 0.396 e. The van der Waals surface area contributed by atoms with Crippen molar-refractivity contribution in [1.29, 1.82) is 0 Å². The summed E-state index contributed by atoms with van der Waals surface area (Å²) in [5.74, 6) is -0.412. The molecule has 0 aromatic carbocycles. The van der Waals surface area contributed by atoms with Crippen LogP contribution in [-0.4, -0.2) is 66.8 Å². The van der Waals surface area contributed by atoms with E-state index >= 15 is 0 Å². The predicted molar refractivity (Wildman–Crippen MR) is 59.9 cm³/mol. The van der Waals surface area contributed by atoms with E-state index < -0.39 is 18.6 Å². The summed E-state index contributed by atoms with van der Waals surface area (Å²) in [4.78, 5) is 14.1. The molecule has 1 rings (SSSR count). The maximum Gasteiger partial charge on any atom is 0.406 e. The second-order valence-electron chi connectivity index (χ2n) is 4.79. The zero-order chi connectivity index (χ0) is 13.8. The summed E-state index contributed by atoms with van der Waals surface area (Å²) in [6, 6.07) is 0. The predicted octanol–water partition coefficient (Wildman–Crippen LogP) is 0.711. The third kappa shape index (κ3) is 5.22. The minimum atomic E-state index is -4.36. The quantitative estimate of drug-likeness (QED) is 0.816. The van der Waals surface area contributed by atoms with Gasteiger partial charge in [-0.3, -0.25) is 9.69 Å². The monoisotopic (exact) mass is 268 g/mol. The number of alkyl halides is 3. The number of likely N-dealkylation sites (tertiary alicyclic amines) is 1. The van der Waals surface area contributed by atoms with Gasteiger partial charge in [0.25, 0.3) is 0 Å². The van der Waals surface area contributed by atoms with E-state index in [-0.39, 0.29) is 19.1 Å². The van der Waals surface area contributed by atoms with Crippen molar-refractivity contribution < 1.29 is 23.1 Å². The molecule has 0 spiro atoms. The average molecular weight is 268 g/mol. The Morgan fingerprint density at radius 1 is 1.50 bits per heavy atom. The standard InChI is InChI=1S/C11H19F3N2O2/c1-15(8-11(12,13)14)10(18)6-16-4-2-3-9(5-16)7-17/h9,17H,2-8H2,1H3. The Morgan fingerprint density at radius 3 is 2.72 bits per heavy atom. The Kier molecular flexibility index (Phi) is 5.40. The minimum Gasteiger partial charge on any atom is -0.396 e. The lowest BCUT2D eigenvalue weighted by Crippen LogP contribution is -2.45. The van der Waals surface area contributed by atoms with Crippen LogP contribution in [0.25, 0.3) is 0 Å². The van der Waals surface area contributed by atoms with Gasteiger partial charge in [-0.2, -0.15) is 13.2 Å². The van der Waals surface area contributed by atoms with Crippen molar-refractivity contribution in [3.63, 3.8) is 0 Å². The van der Waals surface area contributed by atoms with Crippen molar-refractivity contribution in [2.75, 3.05) is 39.8 Å². The highest BCUT2D eigenvalue weighted by molar-refractivity contribution is 5.78. The van der Waals surface area contributed by atoms with Crippen LogP contribution in [0.15, 0.2) is 0 Å². The molecule has 0 aromatic heterocycles. The van der Waals surface area contributed by atoms with E-state index in [0.29, 0.717) is 18.0 Å². The fourth-order valence-electron chi connectivity index (χ4n) is 2.11. The summed E-state index contributed by atoms with van der Waals surface area (Å²) in [7, 11) is 1.16. The fourth-order valence-corrected chi connectivity index (χ4v) is 2.11. The average Bonchev–Trinajstić information content (AvgIpc) is 2.27. The lowest BCUT2D eigenvalue weighted by atomic mass is 9.99. The molecule has 0 radical (unpaired) electrons. The number of halogens is 3. The molecule has 4 nitrogen and oxygen atoms in total.